The molecule has 0 spiro atoms. The lowest BCUT2D eigenvalue weighted by molar-refractivity contribution is 0.0354. The highest BCUT2D eigenvalue weighted by atomic mass is 32.1. The lowest BCUT2D eigenvalue weighted by Gasteiger charge is -2.36. The normalized spacial score (nSPS) is 18.6. The highest BCUT2D eigenvalue weighted by molar-refractivity contribution is 7.09. The van der Waals surface area contributed by atoms with E-state index < -0.39 is 0 Å². The maximum Gasteiger partial charge on any atom is 0.118 e. The van der Waals surface area contributed by atoms with E-state index in [2.05, 4.69) is 30.6 Å². The van der Waals surface area contributed by atoms with Crippen molar-refractivity contribution in [3.05, 3.63) is 28.0 Å². The number of hydrogen-bond acceptors (Lipinski definition) is 7. The summed E-state index contributed by atoms with van der Waals surface area (Å²) in [5.74, 6) is 0. The third kappa shape index (κ3) is 2.68. The van der Waals surface area contributed by atoms with Crippen LogP contribution in [-0.4, -0.2) is 28.5 Å². The molecule has 6 nitrogen and oxygen atoms in total. The van der Waals surface area contributed by atoms with Gasteiger partial charge in [-0.1, -0.05) is 10.3 Å². The van der Waals surface area contributed by atoms with E-state index in [1.807, 2.05) is 6.92 Å². The molecule has 3 rings (SSSR count). The number of aryl methyl sites for hydroxylation is 1. The molecule has 0 unspecified atom stereocenters. The number of hydrogen-bond donors (Lipinski definition) is 1. The van der Waals surface area contributed by atoms with Crippen molar-refractivity contribution >= 4 is 11.3 Å². The molecule has 19 heavy (non-hydrogen) atoms. The van der Waals surface area contributed by atoms with Crippen molar-refractivity contribution in [2.75, 3.05) is 13.2 Å². The summed E-state index contributed by atoms with van der Waals surface area (Å²) in [6.45, 7) is 4.15. The first-order valence-corrected chi connectivity index (χ1v) is 7.18. The fourth-order valence-corrected chi connectivity index (χ4v) is 3.32. The molecule has 0 aliphatic carbocycles. The predicted octanol–water partition coefficient (Wildman–Crippen LogP) is 1.63. The Morgan fingerprint density at radius 2 is 2.26 bits per heavy atom. The SMILES string of the molecule is Cc1csc(C2(NCc3cnon3)CCOCC2)n1. The molecule has 0 aromatic carbocycles. The van der Waals surface area contributed by atoms with Crippen molar-refractivity contribution in [2.24, 2.45) is 0 Å². The van der Waals surface area contributed by atoms with Crippen LogP contribution in [0.4, 0.5) is 0 Å². The van der Waals surface area contributed by atoms with E-state index in [-0.39, 0.29) is 5.54 Å². The average Bonchev–Trinajstić information content (AvgIpc) is 3.09. The minimum Gasteiger partial charge on any atom is -0.381 e. The number of rotatable bonds is 4. The van der Waals surface area contributed by atoms with Crippen LogP contribution < -0.4 is 5.32 Å². The van der Waals surface area contributed by atoms with E-state index in [1.165, 1.54) is 0 Å². The van der Waals surface area contributed by atoms with Crippen molar-refractivity contribution in [3.8, 4) is 0 Å². The van der Waals surface area contributed by atoms with Gasteiger partial charge in [0.2, 0.25) is 0 Å². The Morgan fingerprint density at radius 3 is 2.89 bits per heavy atom. The van der Waals surface area contributed by atoms with Crippen LogP contribution in [0.2, 0.25) is 0 Å². The summed E-state index contributed by atoms with van der Waals surface area (Å²) in [5, 5.41) is 14.2. The van der Waals surface area contributed by atoms with Gasteiger partial charge in [-0.25, -0.2) is 9.61 Å². The third-order valence-electron chi connectivity index (χ3n) is 3.39. The molecule has 1 fully saturated rings. The Hall–Kier alpha value is -1.31. The van der Waals surface area contributed by atoms with E-state index in [1.54, 1.807) is 17.5 Å². The Balaban J connectivity index is 1.80. The number of nitrogens with one attached hydrogen (secondary N) is 1. The highest BCUT2D eigenvalue weighted by Crippen LogP contribution is 2.34. The zero-order chi connectivity index (χ0) is 13.1. The molecule has 0 atom stereocenters. The molecule has 102 valence electrons. The summed E-state index contributed by atoms with van der Waals surface area (Å²) in [7, 11) is 0. The minimum atomic E-state index is -0.115. The lowest BCUT2D eigenvalue weighted by Crippen LogP contribution is -2.46. The molecule has 1 saturated heterocycles. The Kier molecular flexibility index (Phi) is 3.58. The second-order valence-electron chi connectivity index (χ2n) is 4.74. The van der Waals surface area contributed by atoms with Crippen molar-refractivity contribution in [2.45, 2.75) is 31.8 Å². The van der Waals surface area contributed by atoms with Gasteiger partial charge in [-0.05, 0) is 19.8 Å². The van der Waals surface area contributed by atoms with E-state index in [0.717, 1.165) is 42.5 Å². The van der Waals surface area contributed by atoms with Gasteiger partial charge in [0, 0.05) is 30.8 Å². The van der Waals surface area contributed by atoms with Gasteiger partial charge in [0.15, 0.2) is 0 Å². The molecule has 2 aromatic rings. The third-order valence-corrected chi connectivity index (χ3v) is 4.55. The molecule has 7 heteroatoms. The van der Waals surface area contributed by atoms with E-state index in [4.69, 9.17) is 4.74 Å². The Morgan fingerprint density at radius 1 is 1.42 bits per heavy atom. The van der Waals surface area contributed by atoms with Gasteiger partial charge < -0.3 is 4.74 Å². The second kappa shape index (κ2) is 5.36. The van der Waals surface area contributed by atoms with E-state index in [0.29, 0.717) is 6.54 Å². The smallest absolute Gasteiger partial charge is 0.118 e. The van der Waals surface area contributed by atoms with Crippen molar-refractivity contribution in [1.29, 1.82) is 0 Å². The van der Waals surface area contributed by atoms with Crippen LogP contribution in [0, 0.1) is 6.92 Å². The molecule has 0 saturated carbocycles. The van der Waals surface area contributed by atoms with Gasteiger partial charge in [0.1, 0.15) is 10.7 Å². The van der Waals surface area contributed by atoms with Crippen molar-refractivity contribution in [1.82, 2.24) is 20.6 Å². The molecular formula is C12H16N4O2S. The van der Waals surface area contributed by atoms with Crippen LogP contribution in [0.25, 0.3) is 0 Å². The monoisotopic (exact) mass is 280 g/mol. The molecule has 0 amide bonds. The Bertz CT molecular complexity index is 520. The second-order valence-corrected chi connectivity index (χ2v) is 5.60. The summed E-state index contributed by atoms with van der Waals surface area (Å²) < 4.78 is 10.1. The van der Waals surface area contributed by atoms with Gasteiger partial charge in [0.05, 0.1) is 11.7 Å². The van der Waals surface area contributed by atoms with Crippen LogP contribution in [0.1, 0.15) is 29.2 Å². The minimum absolute atomic E-state index is 0.115. The van der Waals surface area contributed by atoms with Crippen LogP contribution >= 0.6 is 11.3 Å². The van der Waals surface area contributed by atoms with Gasteiger partial charge in [-0.15, -0.1) is 11.3 Å². The van der Waals surface area contributed by atoms with Gasteiger partial charge in [-0.2, -0.15) is 0 Å². The summed E-state index contributed by atoms with van der Waals surface area (Å²) in [6, 6.07) is 0. The number of thiazole rings is 1. The molecule has 0 bridgehead atoms. The van der Waals surface area contributed by atoms with Crippen LogP contribution in [0.3, 0.4) is 0 Å². The maximum atomic E-state index is 5.48. The van der Waals surface area contributed by atoms with Crippen molar-refractivity contribution < 1.29 is 9.37 Å². The molecule has 2 aromatic heterocycles. The number of ether oxygens (including phenoxy) is 1. The molecule has 1 aliphatic rings. The summed E-state index contributed by atoms with van der Waals surface area (Å²) in [5.41, 5.74) is 1.76. The average molecular weight is 280 g/mol. The first-order valence-electron chi connectivity index (χ1n) is 6.30. The first-order chi connectivity index (χ1) is 9.28. The molecule has 3 heterocycles. The highest BCUT2D eigenvalue weighted by Gasteiger charge is 2.36. The van der Waals surface area contributed by atoms with E-state index >= 15 is 0 Å². The van der Waals surface area contributed by atoms with Crippen LogP contribution in [0.15, 0.2) is 16.2 Å². The van der Waals surface area contributed by atoms with Crippen LogP contribution in [0.5, 0.6) is 0 Å². The number of nitrogens with zero attached hydrogens (tertiary/aromatic N) is 3. The zero-order valence-corrected chi connectivity index (χ0v) is 11.6. The predicted molar refractivity (Wildman–Crippen MR) is 69.7 cm³/mol. The topological polar surface area (TPSA) is 73.1 Å². The molecule has 1 N–H and O–H groups in total. The molecule has 0 radical (unpaired) electrons. The maximum absolute atomic E-state index is 5.48. The van der Waals surface area contributed by atoms with Gasteiger partial charge >= 0.3 is 0 Å². The van der Waals surface area contributed by atoms with E-state index in [9.17, 15) is 0 Å². The summed E-state index contributed by atoms with van der Waals surface area (Å²) >= 11 is 1.70. The first kappa shape index (κ1) is 12.7. The largest absolute Gasteiger partial charge is 0.381 e. The summed E-state index contributed by atoms with van der Waals surface area (Å²) in [4.78, 5) is 4.65. The standard InChI is InChI=1S/C12H16N4O2S/c1-9-8-19-11(15-9)12(2-4-17-5-3-12)13-6-10-7-14-18-16-10/h7-8,13H,2-6H2,1H3. The fourth-order valence-electron chi connectivity index (χ4n) is 2.28. The zero-order valence-electron chi connectivity index (χ0n) is 10.8. The summed E-state index contributed by atoms with van der Waals surface area (Å²) in [6.07, 6.45) is 3.48. The van der Waals surface area contributed by atoms with Crippen molar-refractivity contribution in [3.63, 3.8) is 0 Å². The molecular weight excluding hydrogens is 264 g/mol. The number of aromatic nitrogens is 3. The Labute approximate surface area is 115 Å². The van der Waals surface area contributed by atoms with Crippen LogP contribution in [-0.2, 0) is 16.8 Å². The quantitative estimate of drug-likeness (QED) is 0.917. The van der Waals surface area contributed by atoms with Gasteiger partial charge in [0.25, 0.3) is 0 Å². The van der Waals surface area contributed by atoms with Gasteiger partial charge in [-0.3, -0.25) is 5.32 Å². The lowest BCUT2D eigenvalue weighted by atomic mass is 9.90. The molecule has 1 aliphatic heterocycles. The fraction of sp³-hybridized carbons (Fsp3) is 0.583.